The molecule has 94 valence electrons. The number of halogens is 2. The molecule has 5 heteroatoms. The molecule has 0 spiro atoms. The third-order valence-electron chi connectivity index (χ3n) is 2.22. The minimum absolute atomic E-state index is 0.157. The van der Waals surface area contributed by atoms with E-state index in [1.165, 1.54) is 0 Å². The largest absolute Gasteiger partial charge is 0.497 e. The Balaban J connectivity index is 3.00. The number of carbonyl (C=O) groups excluding carboxylic acids is 1. The quantitative estimate of drug-likeness (QED) is 0.616. The molecule has 1 rings (SSSR count). The summed E-state index contributed by atoms with van der Waals surface area (Å²) < 4.78 is 10.1. The first kappa shape index (κ1) is 14.3. The van der Waals surface area contributed by atoms with Gasteiger partial charge in [-0.25, -0.2) is 0 Å². The van der Waals surface area contributed by atoms with Crippen LogP contribution in [0.5, 0.6) is 5.75 Å². The van der Waals surface area contributed by atoms with Gasteiger partial charge in [0.05, 0.1) is 20.1 Å². The van der Waals surface area contributed by atoms with Crippen LogP contribution in [0, 0.1) is 0 Å². The lowest BCUT2D eigenvalue weighted by Crippen LogP contribution is -2.08. The Bertz CT molecular complexity index is 407. The summed E-state index contributed by atoms with van der Waals surface area (Å²) in [7, 11) is 1.58. The molecule has 1 aromatic rings. The summed E-state index contributed by atoms with van der Waals surface area (Å²) in [5, 5.41) is 1.19. The van der Waals surface area contributed by atoms with Gasteiger partial charge in [0, 0.05) is 10.4 Å². The first-order chi connectivity index (χ1) is 8.12. The van der Waals surface area contributed by atoms with Crippen LogP contribution in [0.3, 0.4) is 0 Å². The van der Waals surface area contributed by atoms with Gasteiger partial charge in [-0.05, 0) is 30.2 Å². The Morgan fingerprint density at radius 1 is 1.41 bits per heavy atom. The molecule has 0 aromatic heterocycles. The number of alkyl halides is 1. The second kappa shape index (κ2) is 6.87. The number of hydrogen-bond acceptors (Lipinski definition) is 3. The summed E-state index contributed by atoms with van der Waals surface area (Å²) in [5.41, 5.74) is 1.62. The fourth-order valence-corrected chi connectivity index (χ4v) is 2.28. The van der Waals surface area contributed by atoms with Gasteiger partial charge in [-0.15, -0.1) is 0 Å². The van der Waals surface area contributed by atoms with Gasteiger partial charge in [-0.2, -0.15) is 0 Å². The van der Waals surface area contributed by atoms with Crippen LogP contribution in [-0.4, -0.2) is 19.7 Å². The minimum Gasteiger partial charge on any atom is -0.497 e. The van der Waals surface area contributed by atoms with E-state index in [-0.39, 0.29) is 12.4 Å². The molecule has 0 heterocycles. The molecule has 0 N–H and O–H groups in total. The van der Waals surface area contributed by atoms with E-state index >= 15 is 0 Å². The van der Waals surface area contributed by atoms with Crippen molar-refractivity contribution in [1.29, 1.82) is 0 Å². The molecule has 0 radical (unpaired) electrons. The maximum Gasteiger partial charge on any atom is 0.310 e. The molecule has 1 aromatic carbocycles. The topological polar surface area (TPSA) is 35.5 Å². The lowest BCUT2D eigenvalue weighted by atomic mass is 10.1. The number of benzene rings is 1. The smallest absolute Gasteiger partial charge is 0.310 e. The second-order valence-corrected chi connectivity index (χ2v) is 4.31. The van der Waals surface area contributed by atoms with Crippen molar-refractivity contribution in [2.75, 3.05) is 13.7 Å². The number of esters is 1. The predicted molar refractivity (Wildman–Crippen MR) is 71.0 cm³/mol. The summed E-state index contributed by atoms with van der Waals surface area (Å²) in [6, 6.07) is 3.59. The molecule has 0 aliphatic carbocycles. The normalized spacial score (nSPS) is 10.1. The standard InChI is InChI=1S/C12H14BrClO3/c1-3-17-11(15)6-8-4-10(16-2)5-9(7-13)12(8)14/h4-5H,3,6-7H2,1-2H3. The summed E-state index contributed by atoms with van der Waals surface area (Å²) >= 11 is 9.54. The monoisotopic (exact) mass is 320 g/mol. The zero-order chi connectivity index (χ0) is 12.8. The van der Waals surface area contributed by atoms with Gasteiger partial charge in [0.2, 0.25) is 0 Å². The van der Waals surface area contributed by atoms with Crippen LogP contribution < -0.4 is 4.74 Å². The highest BCUT2D eigenvalue weighted by atomic mass is 79.9. The SMILES string of the molecule is CCOC(=O)Cc1cc(OC)cc(CBr)c1Cl. The average molecular weight is 322 g/mol. The third kappa shape index (κ3) is 3.89. The molecular formula is C12H14BrClO3. The van der Waals surface area contributed by atoms with E-state index in [2.05, 4.69) is 15.9 Å². The van der Waals surface area contributed by atoms with Crippen LogP contribution in [-0.2, 0) is 21.3 Å². The van der Waals surface area contributed by atoms with Crippen LogP contribution in [0.1, 0.15) is 18.1 Å². The van der Waals surface area contributed by atoms with E-state index < -0.39 is 0 Å². The van der Waals surface area contributed by atoms with Crippen LogP contribution >= 0.6 is 27.5 Å². The van der Waals surface area contributed by atoms with Crippen molar-refractivity contribution in [2.45, 2.75) is 18.7 Å². The molecule has 0 aliphatic heterocycles. The fraction of sp³-hybridized carbons (Fsp3) is 0.417. The highest BCUT2D eigenvalue weighted by molar-refractivity contribution is 9.08. The summed E-state index contributed by atoms with van der Waals surface area (Å²) in [5.74, 6) is 0.395. The van der Waals surface area contributed by atoms with E-state index in [0.29, 0.717) is 22.7 Å². The molecule has 0 fully saturated rings. The van der Waals surface area contributed by atoms with Crippen molar-refractivity contribution >= 4 is 33.5 Å². The van der Waals surface area contributed by atoms with E-state index in [9.17, 15) is 4.79 Å². The molecule has 0 saturated heterocycles. The lowest BCUT2D eigenvalue weighted by molar-refractivity contribution is -0.142. The molecule has 0 atom stereocenters. The van der Waals surface area contributed by atoms with E-state index in [1.54, 1.807) is 20.1 Å². The minimum atomic E-state index is -0.289. The fourth-order valence-electron chi connectivity index (χ4n) is 1.43. The number of rotatable bonds is 5. The Morgan fingerprint density at radius 3 is 2.59 bits per heavy atom. The van der Waals surface area contributed by atoms with Crippen molar-refractivity contribution in [3.63, 3.8) is 0 Å². The van der Waals surface area contributed by atoms with Crippen LogP contribution in [0.4, 0.5) is 0 Å². The molecule has 0 unspecified atom stereocenters. The Labute approximate surface area is 114 Å². The zero-order valence-electron chi connectivity index (χ0n) is 9.76. The van der Waals surface area contributed by atoms with Gasteiger partial charge >= 0.3 is 5.97 Å². The Kier molecular flexibility index (Phi) is 5.78. The Morgan fingerprint density at radius 2 is 2.06 bits per heavy atom. The second-order valence-electron chi connectivity index (χ2n) is 3.38. The molecule has 0 saturated carbocycles. The maximum absolute atomic E-state index is 11.4. The molecule has 3 nitrogen and oxygen atoms in total. The number of hydrogen-bond donors (Lipinski definition) is 0. The summed E-state index contributed by atoms with van der Waals surface area (Å²) in [4.78, 5) is 11.4. The van der Waals surface area contributed by atoms with Crippen LogP contribution in [0.25, 0.3) is 0 Å². The lowest BCUT2D eigenvalue weighted by Gasteiger charge is -2.10. The Hall–Kier alpha value is -0.740. The van der Waals surface area contributed by atoms with Crippen LogP contribution in [0.2, 0.25) is 5.02 Å². The number of carbonyl (C=O) groups is 1. The summed E-state index contributed by atoms with van der Waals surface area (Å²) in [6.45, 7) is 2.14. The zero-order valence-corrected chi connectivity index (χ0v) is 12.1. The van der Waals surface area contributed by atoms with Gasteiger partial charge in [-0.1, -0.05) is 27.5 Å². The number of methoxy groups -OCH3 is 1. The average Bonchev–Trinajstić information content (AvgIpc) is 2.32. The van der Waals surface area contributed by atoms with Crippen molar-refractivity contribution < 1.29 is 14.3 Å². The molecular weight excluding hydrogens is 307 g/mol. The van der Waals surface area contributed by atoms with Gasteiger partial charge in [0.15, 0.2) is 0 Å². The van der Waals surface area contributed by atoms with Crippen molar-refractivity contribution in [3.05, 3.63) is 28.3 Å². The maximum atomic E-state index is 11.4. The van der Waals surface area contributed by atoms with E-state index in [1.807, 2.05) is 6.07 Å². The van der Waals surface area contributed by atoms with Crippen molar-refractivity contribution in [3.8, 4) is 5.75 Å². The number of ether oxygens (including phenoxy) is 2. The van der Waals surface area contributed by atoms with Gasteiger partial charge in [-0.3, -0.25) is 4.79 Å². The molecule has 0 bridgehead atoms. The highest BCUT2D eigenvalue weighted by Crippen LogP contribution is 2.29. The van der Waals surface area contributed by atoms with Gasteiger partial charge in [0.25, 0.3) is 0 Å². The van der Waals surface area contributed by atoms with Gasteiger partial charge in [0.1, 0.15) is 5.75 Å². The first-order valence-corrected chi connectivity index (χ1v) is 6.69. The first-order valence-electron chi connectivity index (χ1n) is 5.19. The van der Waals surface area contributed by atoms with E-state index in [4.69, 9.17) is 21.1 Å². The van der Waals surface area contributed by atoms with Crippen molar-refractivity contribution in [1.82, 2.24) is 0 Å². The highest BCUT2D eigenvalue weighted by Gasteiger charge is 2.13. The van der Waals surface area contributed by atoms with Crippen LogP contribution in [0.15, 0.2) is 12.1 Å². The molecule has 0 aliphatic rings. The van der Waals surface area contributed by atoms with E-state index in [0.717, 1.165) is 11.1 Å². The predicted octanol–water partition coefficient (Wildman–Crippen LogP) is 3.35. The summed E-state index contributed by atoms with van der Waals surface area (Å²) in [6.07, 6.45) is 0.157. The third-order valence-corrected chi connectivity index (χ3v) is 3.31. The molecule has 17 heavy (non-hydrogen) atoms. The van der Waals surface area contributed by atoms with Crippen molar-refractivity contribution in [2.24, 2.45) is 0 Å². The molecule has 0 amide bonds. The van der Waals surface area contributed by atoms with Gasteiger partial charge < -0.3 is 9.47 Å².